The van der Waals surface area contributed by atoms with Crippen LogP contribution in [-0.4, -0.2) is 13.7 Å². The monoisotopic (exact) mass is 582 g/mol. The molecule has 0 saturated carbocycles. The van der Waals surface area contributed by atoms with Crippen molar-refractivity contribution in [2.45, 2.75) is 60.2 Å². The van der Waals surface area contributed by atoms with E-state index in [4.69, 9.17) is 4.52 Å². The Kier molecular flexibility index (Phi) is 5.28. The van der Waals surface area contributed by atoms with Gasteiger partial charge in [-0.25, -0.2) is 0 Å². The molecule has 4 aliphatic rings. The minimum atomic E-state index is -3.34. The van der Waals surface area contributed by atoms with Crippen molar-refractivity contribution in [1.29, 1.82) is 0 Å². The first-order valence-corrected chi connectivity index (χ1v) is 19.6. The third kappa shape index (κ3) is 2.74. The number of benzene rings is 5. The Hall–Kier alpha value is -3.29. The second-order valence-electron chi connectivity index (χ2n) is 13.3. The van der Waals surface area contributed by atoms with E-state index >= 15 is 0 Å². The summed E-state index contributed by atoms with van der Waals surface area (Å²) in [6.45, 7) is 13.0. The summed E-state index contributed by atoms with van der Waals surface area (Å²) in [6.07, 6.45) is 0.0613. The average molecular weight is 583 g/mol. The van der Waals surface area contributed by atoms with E-state index in [0.717, 1.165) is 0 Å². The molecule has 4 aliphatic heterocycles. The Morgan fingerprint density at radius 3 is 1.31 bits per heavy atom. The number of aryl methyl sites for hydroxylation is 6. The molecular weight excluding hydrogens is 543 g/mol. The molecule has 1 fully saturated rings. The summed E-state index contributed by atoms with van der Waals surface area (Å²) in [7, 11) is -2.65. The molecule has 0 aromatic heterocycles. The van der Waals surface area contributed by atoms with Crippen LogP contribution >= 0.6 is 6.83 Å². The second kappa shape index (κ2) is 8.41. The van der Waals surface area contributed by atoms with Crippen LogP contribution in [0.2, 0.25) is 0 Å². The predicted octanol–water partition coefficient (Wildman–Crippen LogP) is 5.45. The Balaban J connectivity index is 1.64. The van der Waals surface area contributed by atoms with E-state index in [-0.39, 0.29) is 6.10 Å². The molecule has 210 valence electrons. The minimum absolute atomic E-state index is 0.0613. The van der Waals surface area contributed by atoms with Gasteiger partial charge in [0.05, 0.1) is 0 Å². The number of rotatable bonds is 2. The van der Waals surface area contributed by atoms with Crippen molar-refractivity contribution in [1.82, 2.24) is 0 Å². The van der Waals surface area contributed by atoms with Crippen LogP contribution in [0.5, 0.6) is 0 Å². The summed E-state index contributed by atoms with van der Waals surface area (Å²) >= 11 is 0. The van der Waals surface area contributed by atoms with Crippen LogP contribution in [0.4, 0.5) is 0 Å². The fourth-order valence-electron chi connectivity index (χ4n) is 8.81. The second-order valence-corrected chi connectivity index (χ2v) is 21.6. The van der Waals surface area contributed by atoms with Crippen LogP contribution in [0, 0.1) is 41.5 Å². The van der Waals surface area contributed by atoms with Crippen LogP contribution in [0.3, 0.4) is 0 Å². The summed E-state index contributed by atoms with van der Waals surface area (Å²) < 4.78 is 7.94. The van der Waals surface area contributed by atoms with E-state index in [1.165, 1.54) is 60.0 Å². The number of hydrogen-bond donors (Lipinski definition) is 0. The van der Waals surface area contributed by atoms with Crippen LogP contribution in [0.25, 0.3) is 0 Å². The molecule has 2 bridgehead atoms. The molecule has 0 aliphatic carbocycles. The molecule has 5 aromatic rings. The van der Waals surface area contributed by atoms with Crippen molar-refractivity contribution >= 4 is 51.6 Å². The summed E-state index contributed by atoms with van der Waals surface area (Å²) in [6, 6.07) is 37.9. The van der Waals surface area contributed by atoms with Crippen LogP contribution in [0.15, 0.2) is 97.1 Å². The van der Waals surface area contributed by atoms with Gasteiger partial charge >= 0.3 is 252 Å². The van der Waals surface area contributed by atoms with E-state index in [2.05, 4.69) is 146 Å². The topological polar surface area (TPSA) is 9.23 Å². The van der Waals surface area contributed by atoms with Gasteiger partial charge in [-0.15, -0.1) is 0 Å². The van der Waals surface area contributed by atoms with Crippen molar-refractivity contribution in [2.75, 3.05) is 0 Å². The maximum atomic E-state index is 7.94. The molecule has 2 atom stereocenters. The van der Waals surface area contributed by atoms with Crippen molar-refractivity contribution in [3.8, 4) is 0 Å². The molecule has 0 amide bonds. The van der Waals surface area contributed by atoms with E-state index < -0.39 is 14.9 Å². The molecule has 9 rings (SSSR count). The van der Waals surface area contributed by atoms with Gasteiger partial charge < -0.3 is 0 Å². The summed E-state index contributed by atoms with van der Waals surface area (Å²) in [5, 5.41) is 10.7. The molecule has 1 nitrogen and oxygen atoms in total. The van der Waals surface area contributed by atoms with Gasteiger partial charge in [0, 0.05) is 0 Å². The van der Waals surface area contributed by atoms with Crippen LogP contribution in [-0.2, 0) is 4.52 Å². The van der Waals surface area contributed by atoms with E-state index in [9.17, 15) is 0 Å². The van der Waals surface area contributed by atoms with Crippen molar-refractivity contribution in [3.05, 3.63) is 136 Å². The Labute approximate surface area is 251 Å². The van der Waals surface area contributed by atoms with Crippen molar-refractivity contribution in [2.24, 2.45) is 0 Å². The molecule has 3 heteroatoms. The normalized spacial score (nSPS) is 24.6. The molecule has 1 saturated heterocycles. The molecule has 42 heavy (non-hydrogen) atoms. The zero-order valence-electron chi connectivity index (χ0n) is 25.7. The first kappa shape index (κ1) is 26.3. The quantitative estimate of drug-likeness (QED) is 0.199. The van der Waals surface area contributed by atoms with Crippen LogP contribution < -0.4 is 36.7 Å². The van der Waals surface area contributed by atoms with Gasteiger partial charge in [-0.1, -0.05) is 0 Å². The first-order chi connectivity index (χ1) is 20.2. The summed E-state index contributed by atoms with van der Waals surface area (Å²) in [4.78, 5) is 0. The van der Waals surface area contributed by atoms with Gasteiger partial charge in [0.15, 0.2) is 0 Å². The van der Waals surface area contributed by atoms with Gasteiger partial charge in [-0.3, -0.25) is 0 Å². The molecule has 5 aromatic carbocycles. The average Bonchev–Trinajstić information content (AvgIpc) is 2.99. The standard InChI is InChI=1S/C39H39OPSi/c1-24-18-33-36(21-27(24)4)42(32-16-12-9-13-17-32)37-22-28(5)25(2)19-34(37)41(33,35-20-26(3)29(6)23-38(35)42)30(7)39(40-41)31-14-10-8-11-15-31/h8-23,30,39H,1-7H3/t30-,39+/m0/s1. The van der Waals surface area contributed by atoms with E-state index in [1.807, 2.05) is 0 Å². The van der Waals surface area contributed by atoms with E-state index in [1.54, 1.807) is 15.6 Å². The molecular formula is C39H39OPSi. The number of hydrogen-bond acceptors (Lipinski definition) is 1. The van der Waals surface area contributed by atoms with Crippen molar-refractivity contribution < 1.29 is 4.52 Å². The first-order valence-electron chi connectivity index (χ1n) is 15.3. The zero-order valence-corrected chi connectivity index (χ0v) is 27.6. The van der Waals surface area contributed by atoms with Gasteiger partial charge in [0.25, 0.3) is 0 Å². The van der Waals surface area contributed by atoms with E-state index in [0.29, 0.717) is 5.66 Å². The van der Waals surface area contributed by atoms with Crippen molar-refractivity contribution in [3.63, 3.8) is 0 Å². The third-order valence-electron chi connectivity index (χ3n) is 11.4. The Bertz CT molecular complexity index is 1810. The fourth-order valence-corrected chi connectivity index (χ4v) is 24.4. The van der Waals surface area contributed by atoms with Crippen LogP contribution in [0.1, 0.15) is 52.0 Å². The summed E-state index contributed by atoms with van der Waals surface area (Å²) in [5.74, 6) is 0. The molecule has 0 N–H and O–H groups in total. The van der Waals surface area contributed by atoms with Gasteiger partial charge in [-0.2, -0.15) is 0 Å². The SMILES string of the molecule is Cc1cc2c(cc1C)P13(O[C@@H](c4ccccc4)[C@@H]1C)c1cc(C)c(C)cc1[Si]2(c1ccccc1)c1cc(C)c(C)cc13. The molecule has 0 unspecified atom stereocenters. The maximum absolute atomic E-state index is 7.94. The summed E-state index contributed by atoms with van der Waals surface area (Å²) in [5.41, 5.74) is 9.86. The third-order valence-corrected chi connectivity index (χ3v) is 23.3. The molecule has 4 heterocycles. The Morgan fingerprint density at radius 1 is 0.524 bits per heavy atom. The zero-order chi connectivity index (χ0) is 29.2. The predicted molar refractivity (Wildman–Crippen MR) is 184 cm³/mol. The molecule has 0 radical (unpaired) electrons. The molecule has 1 spiro atoms. The Morgan fingerprint density at radius 2 is 0.905 bits per heavy atom. The fraction of sp³-hybridized carbons (Fsp3) is 0.231. The van der Waals surface area contributed by atoms with Gasteiger partial charge in [0.1, 0.15) is 0 Å². The van der Waals surface area contributed by atoms with Gasteiger partial charge in [0.2, 0.25) is 0 Å². The van der Waals surface area contributed by atoms with Gasteiger partial charge in [-0.05, 0) is 0 Å².